The number of hydrogen-bond acceptors (Lipinski definition) is 3. The van der Waals surface area contributed by atoms with Crippen molar-refractivity contribution in [1.29, 1.82) is 0 Å². The highest BCUT2D eigenvalue weighted by atomic mass is 16.5. The predicted molar refractivity (Wildman–Crippen MR) is 75.8 cm³/mol. The normalized spacial score (nSPS) is 35.3. The predicted octanol–water partition coefficient (Wildman–Crippen LogP) is 2.06. The molecule has 2 unspecified atom stereocenters. The van der Waals surface area contributed by atoms with Gasteiger partial charge in [0.25, 0.3) is 5.91 Å². The summed E-state index contributed by atoms with van der Waals surface area (Å²) in [6.45, 7) is 5.04. The third-order valence-corrected chi connectivity index (χ3v) is 4.44. The summed E-state index contributed by atoms with van der Waals surface area (Å²) >= 11 is 0. The van der Waals surface area contributed by atoms with E-state index in [4.69, 9.17) is 10.5 Å². The van der Waals surface area contributed by atoms with E-state index in [2.05, 4.69) is 18.7 Å². The van der Waals surface area contributed by atoms with E-state index in [9.17, 15) is 4.79 Å². The maximum atomic E-state index is 12.6. The number of hydrogen-bond donors (Lipinski definition) is 1. The van der Waals surface area contributed by atoms with Crippen LogP contribution in [0.25, 0.3) is 0 Å². The summed E-state index contributed by atoms with van der Waals surface area (Å²) in [5.41, 5.74) is 5.96. The summed E-state index contributed by atoms with van der Waals surface area (Å²) in [4.78, 5) is 14.7. The molecule has 1 heterocycles. The lowest BCUT2D eigenvalue weighted by Crippen LogP contribution is -2.48. The maximum Gasteiger partial charge on any atom is 0.251 e. The molecule has 19 heavy (non-hydrogen) atoms. The fourth-order valence-corrected chi connectivity index (χ4v) is 3.30. The van der Waals surface area contributed by atoms with Crippen LogP contribution in [0.5, 0.6) is 0 Å². The highest BCUT2D eigenvalue weighted by Crippen LogP contribution is 2.26. The largest absolute Gasteiger partial charge is 0.365 e. The van der Waals surface area contributed by atoms with Crippen LogP contribution < -0.4 is 5.73 Å². The van der Waals surface area contributed by atoms with Crippen LogP contribution in [0, 0.1) is 0 Å². The van der Waals surface area contributed by atoms with Gasteiger partial charge in [0, 0.05) is 18.6 Å². The van der Waals surface area contributed by atoms with Crippen LogP contribution >= 0.6 is 0 Å². The second-order valence-corrected chi connectivity index (χ2v) is 6.11. The van der Waals surface area contributed by atoms with Gasteiger partial charge in [0.05, 0.1) is 6.10 Å². The minimum atomic E-state index is -0.197. The molecule has 0 aromatic carbocycles. The van der Waals surface area contributed by atoms with Crippen LogP contribution in [0.15, 0.2) is 0 Å². The summed E-state index contributed by atoms with van der Waals surface area (Å²) in [6, 6.07) is 0.712. The van der Waals surface area contributed by atoms with Crippen molar-refractivity contribution >= 4 is 5.91 Å². The smallest absolute Gasteiger partial charge is 0.251 e. The minimum Gasteiger partial charge on any atom is -0.365 e. The molecule has 1 aliphatic heterocycles. The van der Waals surface area contributed by atoms with E-state index in [-0.39, 0.29) is 18.1 Å². The Kier molecular flexibility index (Phi) is 5.22. The number of ether oxygens (including phenoxy) is 1. The van der Waals surface area contributed by atoms with Crippen molar-refractivity contribution in [2.75, 3.05) is 6.54 Å². The topological polar surface area (TPSA) is 55.6 Å². The van der Waals surface area contributed by atoms with Crippen LogP contribution in [0.4, 0.5) is 0 Å². The molecule has 4 heteroatoms. The standard InChI is InChI=1S/C15H28N2O2/c1-3-10-17(13-7-5-12(16)6-8-13)15(18)14-9-4-11(2)19-14/h11-14H,3-10,16H2,1-2H3. The number of amides is 1. The molecule has 0 aromatic heterocycles. The molecule has 110 valence electrons. The van der Waals surface area contributed by atoms with Gasteiger partial charge in [-0.3, -0.25) is 4.79 Å². The molecule has 1 amide bonds. The quantitative estimate of drug-likeness (QED) is 0.849. The van der Waals surface area contributed by atoms with Crippen LogP contribution in [0.2, 0.25) is 0 Å². The zero-order valence-electron chi connectivity index (χ0n) is 12.3. The molecule has 2 N–H and O–H groups in total. The molecular formula is C15H28N2O2. The molecule has 0 spiro atoms. The summed E-state index contributed by atoms with van der Waals surface area (Å²) in [5.74, 6) is 0.215. The molecule has 2 fully saturated rings. The van der Waals surface area contributed by atoms with Crippen molar-refractivity contribution in [2.24, 2.45) is 5.73 Å². The van der Waals surface area contributed by atoms with Crippen molar-refractivity contribution in [3.8, 4) is 0 Å². The van der Waals surface area contributed by atoms with Crippen LogP contribution in [-0.2, 0) is 9.53 Å². The Bertz CT molecular complexity index is 301. The summed E-state index contributed by atoms with van der Waals surface area (Å²) in [5, 5.41) is 0. The zero-order chi connectivity index (χ0) is 13.8. The lowest BCUT2D eigenvalue weighted by atomic mass is 9.90. The molecular weight excluding hydrogens is 240 g/mol. The van der Waals surface area contributed by atoms with Gasteiger partial charge in [-0.15, -0.1) is 0 Å². The van der Waals surface area contributed by atoms with Gasteiger partial charge in [-0.25, -0.2) is 0 Å². The van der Waals surface area contributed by atoms with Crippen LogP contribution in [-0.4, -0.2) is 41.6 Å². The van der Waals surface area contributed by atoms with E-state index in [0.29, 0.717) is 12.1 Å². The third kappa shape index (κ3) is 3.69. The molecule has 0 radical (unpaired) electrons. The molecule has 0 bridgehead atoms. The van der Waals surface area contributed by atoms with Crippen molar-refractivity contribution in [3.63, 3.8) is 0 Å². The highest BCUT2D eigenvalue weighted by molar-refractivity contribution is 5.81. The number of carbonyl (C=O) groups is 1. The Morgan fingerprint density at radius 2 is 1.89 bits per heavy atom. The average molecular weight is 268 g/mol. The summed E-state index contributed by atoms with van der Waals surface area (Å²) in [6.07, 6.45) is 7.12. The van der Waals surface area contributed by atoms with Crippen LogP contribution in [0.1, 0.15) is 58.8 Å². The van der Waals surface area contributed by atoms with Crippen molar-refractivity contribution in [2.45, 2.75) is 83.1 Å². The van der Waals surface area contributed by atoms with Crippen LogP contribution in [0.3, 0.4) is 0 Å². The first-order valence-corrected chi connectivity index (χ1v) is 7.83. The Morgan fingerprint density at radius 3 is 2.42 bits per heavy atom. The number of nitrogens with zero attached hydrogens (tertiary/aromatic N) is 1. The van der Waals surface area contributed by atoms with Crippen molar-refractivity contribution in [3.05, 3.63) is 0 Å². The average Bonchev–Trinajstić information content (AvgIpc) is 2.83. The van der Waals surface area contributed by atoms with Gasteiger partial charge >= 0.3 is 0 Å². The van der Waals surface area contributed by atoms with E-state index in [1.54, 1.807) is 0 Å². The molecule has 1 aliphatic carbocycles. The van der Waals surface area contributed by atoms with Gasteiger partial charge in [0.1, 0.15) is 6.10 Å². The fraction of sp³-hybridized carbons (Fsp3) is 0.933. The van der Waals surface area contributed by atoms with Crippen molar-refractivity contribution < 1.29 is 9.53 Å². The summed E-state index contributed by atoms with van der Waals surface area (Å²) in [7, 11) is 0. The number of rotatable bonds is 4. The molecule has 0 aromatic rings. The van der Waals surface area contributed by atoms with E-state index in [1.807, 2.05) is 0 Å². The molecule has 1 saturated heterocycles. The van der Waals surface area contributed by atoms with E-state index in [1.165, 1.54) is 0 Å². The molecule has 1 saturated carbocycles. The first-order chi connectivity index (χ1) is 9.11. The van der Waals surface area contributed by atoms with Gasteiger partial charge in [-0.05, 0) is 51.9 Å². The summed E-state index contributed by atoms with van der Waals surface area (Å²) < 4.78 is 5.75. The van der Waals surface area contributed by atoms with E-state index in [0.717, 1.165) is 51.5 Å². The monoisotopic (exact) mass is 268 g/mol. The van der Waals surface area contributed by atoms with Gasteiger partial charge in [-0.2, -0.15) is 0 Å². The van der Waals surface area contributed by atoms with E-state index < -0.39 is 0 Å². The Hall–Kier alpha value is -0.610. The molecule has 2 rings (SSSR count). The third-order valence-electron chi connectivity index (χ3n) is 4.44. The molecule has 2 atom stereocenters. The number of carbonyl (C=O) groups excluding carboxylic acids is 1. The Balaban J connectivity index is 1.96. The second-order valence-electron chi connectivity index (χ2n) is 6.11. The zero-order valence-corrected chi connectivity index (χ0v) is 12.3. The Labute approximate surface area is 116 Å². The first-order valence-electron chi connectivity index (χ1n) is 7.83. The van der Waals surface area contributed by atoms with Gasteiger partial charge in [0.15, 0.2) is 0 Å². The van der Waals surface area contributed by atoms with Gasteiger partial charge in [-0.1, -0.05) is 6.92 Å². The van der Waals surface area contributed by atoms with Crippen molar-refractivity contribution in [1.82, 2.24) is 4.90 Å². The fourth-order valence-electron chi connectivity index (χ4n) is 3.30. The highest BCUT2D eigenvalue weighted by Gasteiger charge is 2.35. The van der Waals surface area contributed by atoms with E-state index >= 15 is 0 Å². The first kappa shape index (κ1) is 14.8. The maximum absolute atomic E-state index is 12.6. The minimum absolute atomic E-state index is 0.197. The molecule has 4 nitrogen and oxygen atoms in total. The lowest BCUT2D eigenvalue weighted by molar-refractivity contribution is -0.145. The Morgan fingerprint density at radius 1 is 1.21 bits per heavy atom. The molecule has 2 aliphatic rings. The SMILES string of the molecule is CCCN(C(=O)C1CCC(C)O1)C1CCC(N)CC1. The number of nitrogens with two attached hydrogens (primary N) is 1. The van der Waals surface area contributed by atoms with Gasteiger partial charge in [0.2, 0.25) is 0 Å². The second kappa shape index (κ2) is 6.71. The lowest BCUT2D eigenvalue weighted by Gasteiger charge is -2.37. The van der Waals surface area contributed by atoms with Gasteiger partial charge < -0.3 is 15.4 Å².